The first-order valence-corrected chi connectivity index (χ1v) is 6.71. The molecule has 1 fully saturated rings. The molecule has 3 heterocycles. The second kappa shape index (κ2) is 5.05. The van der Waals surface area contributed by atoms with Crippen molar-refractivity contribution in [1.82, 2.24) is 24.5 Å². The summed E-state index contributed by atoms with van der Waals surface area (Å²) in [6, 6.07) is 2.35. The SMILES string of the molecule is Cn1cc(CN2CCC(n3ccc(N)n3)CC2)cn1. The van der Waals surface area contributed by atoms with E-state index in [0.29, 0.717) is 11.9 Å². The molecule has 3 rings (SSSR count). The molecule has 0 saturated carbocycles. The fraction of sp³-hybridized carbons (Fsp3) is 0.538. The number of nitrogens with zero attached hydrogens (tertiary/aromatic N) is 5. The normalized spacial score (nSPS) is 17.9. The van der Waals surface area contributed by atoms with Crippen LogP contribution in [0.1, 0.15) is 24.4 Å². The molecule has 0 aliphatic carbocycles. The van der Waals surface area contributed by atoms with E-state index in [9.17, 15) is 0 Å². The number of nitrogens with two attached hydrogens (primary N) is 1. The molecule has 0 bridgehead atoms. The van der Waals surface area contributed by atoms with Crippen molar-refractivity contribution in [1.29, 1.82) is 0 Å². The number of aromatic nitrogens is 4. The van der Waals surface area contributed by atoms with Crippen LogP contribution >= 0.6 is 0 Å². The van der Waals surface area contributed by atoms with Crippen molar-refractivity contribution in [3.8, 4) is 0 Å². The molecule has 102 valence electrons. The highest BCUT2D eigenvalue weighted by Gasteiger charge is 2.21. The van der Waals surface area contributed by atoms with E-state index < -0.39 is 0 Å². The van der Waals surface area contributed by atoms with E-state index in [2.05, 4.69) is 21.3 Å². The second-order valence-corrected chi connectivity index (χ2v) is 5.25. The summed E-state index contributed by atoms with van der Waals surface area (Å²) in [5.74, 6) is 0.609. The molecule has 0 aromatic carbocycles. The van der Waals surface area contributed by atoms with Gasteiger partial charge in [-0.15, -0.1) is 0 Å². The third kappa shape index (κ3) is 2.78. The number of likely N-dealkylation sites (tertiary alicyclic amines) is 1. The first kappa shape index (κ1) is 12.2. The van der Waals surface area contributed by atoms with Crippen molar-refractivity contribution in [3.63, 3.8) is 0 Å². The summed E-state index contributed by atoms with van der Waals surface area (Å²) in [7, 11) is 1.96. The third-order valence-electron chi connectivity index (χ3n) is 3.72. The standard InChI is InChI=1S/C13H20N6/c1-17-9-11(8-15-17)10-18-5-2-12(3-6-18)19-7-4-13(14)16-19/h4,7-9,12H,2-3,5-6,10H2,1H3,(H2,14,16). The minimum atomic E-state index is 0.488. The molecule has 2 aromatic rings. The lowest BCUT2D eigenvalue weighted by molar-refractivity contribution is 0.173. The van der Waals surface area contributed by atoms with Gasteiger partial charge in [-0.05, 0) is 18.9 Å². The minimum absolute atomic E-state index is 0.488. The van der Waals surface area contributed by atoms with Gasteiger partial charge in [0.25, 0.3) is 0 Å². The third-order valence-corrected chi connectivity index (χ3v) is 3.72. The van der Waals surface area contributed by atoms with Crippen LogP contribution in [0.15, 0.2) is 24.7 Å². The molecule has 6 nitrogen and oxygen atoms in total. The number of nitrogen functional groups attached to an aromatic ring is 1. The van der Waals surface area contributed by atoms with Crippen molar-refractivity contribution < 1.29 is 0 Å². The molecule has 0 unspecified atom stereocenters. The van der Waals surface area contributed by atoms with Crippen LogP contribution < -0.4 is 5.73 Å². The number of hydrogen-bond donors (Lipinski definition) is 1. The summed E-state index contributed by atoms with van der Waals surface area (Å²) in [5, 5.41) is 8.52. The summed E-state index contributed by atoms with van der Waals surface area (Å²) in [6.45, 7) is 3.18. The second-order valence-electron chi connectivity index (χ2n) is 5.25. The molecule has 2 aromatic heterocycles. The van der Waals surface area contributed by atoms with E-state index in [4.69, 9.17) is 5.73 Å². The number of anilines is 1. The molecule has 6 heteroatoms. The Balaban J connectivity index is 1.54. The predicted molar refractivity (Wildman–Crippen MR) is 73.4 cm³/mol. The van der Waals surface area contributed by atoms with Crippen LogP contribution in [0.4, 0.5) is 5.82 Å². The molecule has 0 amide bonds. The highest BCUT2D eigenvalue weighted by atomic mass is 15.3. The van der Waals surface area contributed by atoms with Crippen LogP contribution in [0.5, 0.6) is 0 Å². The molecule has 0 spiro atoms. The molecule has 1 aliphatic rings. The summed E-state index contributed by atoms with van der Waals surface area (Å²) < 4.78 is 3.87. The summed E-state index contributed by atoms with van der Waals surface area (Å²) in [6.07, 6.45) is 8.26. The van der Waals surface area contributed by atoms with Gasteiger partial charge in [-0.3, -0.25) is 14.3 Å². The van der Waals surface area contributed by atoms with Crippen LogP contribution in [-0.2, 0) is 13.6 Å². The van der Waals surface area contributed by atoms with Gasteiger partial charge in [0.15, 0.2) is 0 Å². The molecule has 0 atom stereocenters. The maximum Gasteiger partial charge on any atom is 0.145 e. The highest BCUT2D eigenvalue weighted by molar-refractivity contribution is 5.24. The van der Waals surface area contributed by atoms with Gasteiger partial charge in [0, 0.05) is 44.6 Å². The quantitative estimate of drug-likeness (QED) is 0.895. The van der Waals surface area contributed by atoms with E-state index in [1.54, 1.807) is 0 Å². The van der Waals surface area contributed by atoms with E-state index in [-0.39, 0.29) is 0 Å². The van der Waals surface area contributed by atoms with Gasteiger partial charge in [-0.1, -0.05) is 0 Å². The summed E-state index contributed by atoms with van der Waals surface area (Å²) >= 11 is 0. The number of hydrogen-bond acceptors (Lipinski definition) is 4. The zero-order chi connectivity index (χ0) is 13.2. The summed E-state index contributed by atoms with van der Waals surface area (Å²) in [4.78, 5) is 2.47. The van der Waals surface area contributed by atoms with Crippen LogP contribution in [0.2, 0.25) is 0 Å². The van der Waals surface area contributed by atoms with Gasteiger partial charge in [0.05, 0.1) is 12.2 Å². The first-order valence-electron chi connectivity index (χ1n) is 6.71. The van der Waals surface area contributed by atoms with Gasteiger partial charge in [-0.25, -0.2) is 0 Å². The van der Waals surface area contributed by atoms with Crippen molar-refractivity contribution >= 4 is 5.82 Å². The summed E-state index contributed by atoms with van der Waals surface area (Å²) in [5.41, 5.74) is 6.95. The van der Waals surface area contributed by atoms with Crippen LogP contribution in [0, 0.1) is 0 Å². The Bertz CT molecular complexity index is 535. The maximum atomic E-state index is 5.67. The average Bonchev–Trinajstić information content (AvgIpc) is 3.00. The Kier molecular flexibility index (Phi) is 3.25. The number of piperidine rings is 1. The Hall–Kier alpha value is -1.82. The largest absolute Gasteiger partial charge is 0.382 e. The molecule has 2 N–H and O–H groups in total. The molecular weight excluding hydrogens is 240 g/mol. The zero-order valence-electron chi connectivity index (χ0n) is 11.2. The number of aryl methyl sites for hydroxylation is 1. The molecule has 1 aliphatic heterocycles. The maximum absolute atomic E-state index is 5.67. The van der Waals surface area contributed by atoms with Crippen LogP contribution in [0.3, 0.4) is 0 Å². The average molecular weight is 260 g/mol. The molecule has 19 heavy (non-hydrogen) atoms. The fourth-order valence-corrected chi connectivity index (χ4v) is 2.71. The molecule has 1 saturated heterocycles. The van der Waals surface area contributed by atoms with Gasteiger partial charge in [-0.2, -0.15) is 10.2 Å². The number of rotatable bonds is 3. The Morgan fingerprint density at radius 2 is 2.16 bits per heavy atom. The topological polar surface area (TPSA) is 64.9 Å². The van der Waals surface area contributed by atoms with Crippen molar-refractivity contribution in [2.75, 3.05) is 18.8 Å². The smallest absolute Gasteiger partial charge is 0.145 e. The van der Waals surface area contributed by atoms with Crippen LogP contribution in [0.25, 0.3) is 0 Å². The van der Waals surface area contributed by atoms with E-state index in [1.165, 1.54) is 5.56 Å². The van der Waals surface area contributed by atoms with E-state index in [0.717, 1.165) is 32.5 Å². The Labute approximate surface area is 112 Å². The highest BCUT2D eigenvalue weighted by Crippen LogP contribution is 2.23. The lowest BCUT2D eigenvalue weighted by Crippen LogP contribution is -2.34. The molecular formula is C13H20N6. The van der Waals surface area contributed by atoms with Gasteiger partial charge < -0.3 is 5.73 Å². The minimum Gasteiger partial charge on any atom is -0.382 e. The zero-order valence-corrected chi connectivity index (χ0v) is 11.2. The molecule has 0 radical (unpaired) electrons. The Morgan fingerprint density at radius 3 is 2.74 bits per heavy atom. The van der Waals surface area contributed by atoms with Crippen molar-refractivity contribution in [3.05, 3.63) is 30.2 Å². The lowest BCUT2D eigenvalue weighted by atomic mass is 10.1. The van der Waals surface area contributed by atoms with E-state index in [1.807, 2.05) is 34.9 Å². The fourth-order valence-electron chi connectivity index (χ4n) is 2.71. The Morgan fingerprint density at radius 1 is 1.37 bits per heavy atom. The van der Waals surface area contributed by atoms with Crippen molar-refractivity contribution in [2.24, 2.45) is 7.05 Å². The van der Waals surface area contributed by atoms with E-state index >= 15 is 0 Å². The first-order chi connectivity index (χ1) is 9.20. The van der Waals surface area contributed by atoms with Gasteiger partial charge >= 0.3 is 0 Å². The lowest BCUT2D eigenvalue weighted by Gasteiger charge is -2.31. The monoisotopic (exact) mass is 260 g/mol. The van der Waals surface area contributed by atoms with Gasteiger partial charge in [0.2, 0.25) is 0 Å². The van der Waals surface area contributed by atoms with Gasteiger partial charge in [0.1, 0.15) is 5.82 Å². The van der Waals surface area contributed by atoms with Crippen LogP contribution in [-0.4, -0.2) is 37.6 Å². The predicted octanol–water partition coefficient (Wildman–Crippen LogP) is 1.04. The van der Waals surface area contributed by atoms with Crippen molar-refractivity contribution in [2.45, 2.75) is 25.4 Å².